The summed E-state index contributed by atoms with van der Waals surface area (Å²) in [7, 11) is 0. The van der Waals surface area contributed by atoms with Crippen molar-refractivity contribution < 1.29 is 43.9 Å². The fourth-order valence-corrected chi connectivity index (χ4v) is 1.83. The van der Waals surface area contributed by atoms with Crippen LogP contribution in [-0.2, 0) is 10.3 Å². The zero-order chi connectivity index (χ0) is 13.3. The predicted octanol–water partition coefficient (Wildman–Crippen LogP) is -0.683. The smallest absolute Gasteiger partial charge is 0.491 e. The first-order valence-corrected chi connectivity index (χ1v) is 5.77. The van der Waals surface area contributed by atoms with E-state index in [-0.39, 0.29) is 35.7 Å². The molecular formula is C13H15N2NaO3. The Labute approximate surface area is 134 Å². The molecule has 0 radical (unpaired) electrons. The number of benzene rings is 1. The number of hydrogen-bond donors (Lipinski definition) is 1. The van der Waals surface area contributed by atoms with E-state index in [2.05, 4.69) is 10.6 Å². The molecule has 2 rings (SSSR count). The van der Waals surface area contributed by atoms with Gasteiger partial charge in [0, 0.05) is 0 Å². The van der Waals surface area contributed by atoms with E-state index in [1.807, 2.05) is 13.8 Å². The summed E-state index contributed by atoms with van der Waals surface area (Å²) in [6.45, 7) is 5.52. The number of nitrogens with zero attached hydrogens (tertiary/aromatic N) is 1. The Balaban J connectivity index is 0.00000180. The van der Waals surface area contributed by atoms with Crippen LogP contribution < -0.4 is 39.6 Å². The molecule has 1 aromatic rings. The van der Waals surface area contributed by atoms with Crippen LogP contribution in [0.4, 0.5) is 4.79 Å². The van der Waals surface area contributed by atoms with Crippen LogP contribution in [0.25, 0.3) is 5.32 Å². The van der Waals surface area contributed by atoms with Gasteiger partial charge in [-0.2, -0.15) is 0 Å². The van der Waals surface area contributed by atoms with Crippen molar-refractivity contribution in [3.8, 4) is 5.75 Å². The third kappa shape index (κ3) is 3.29. The molecule has 1 aromatic carbocycles. The number of urea groups is 1. The molecule has 19 heavy (non-hydrogen) atoms. The number of hydrogen-bond acceptors (Lipinski definition) is 3. The molecule has 1 heterocycles. The maximum atomic E-state index is 11.7. The van der Waals surface area contributed by atoms with Gasteiger partial charge in [-0.25, -0.2) is 0 Å². The van der Waals surface area contributed by atoms with E-state index in [4.69, 9.17) is 4.74 Å². The molecule has 6 heteroatoms. The molecule has 0 spiro atoms. The van der Waals surface area contributed by atoms with E-state index in [1.165, 1.54) is 0 Å². The third-order valence-corrected chi connectivity index (χ3v) is 2.79. The molecule has 0 bridgehead atoms. The standard InChI is InChI=1S/C13H16N2O3.Na/c1-8(2)18-10-6-4-9(5-7-10)13(3)11(16)14-12(17)15-13;/h4-8H,1-3H3,(H2,14,15,16,17);/q;+1/p-1. The minimum Gasteiger partial charge on any atom is -0.491 e. The van der Waals surface area contributed by atoms with Gasteiger partial charge in [-0.05, 0) is 38.5 Å². The van der Waals surface area contributed by atoms with Gasteiger partial charge >= 0.3 is 29.6 Å². The SMILES string of the molecule is CC(C)Oc1ccc(C2(C)NC(=O)[N-]C2=O)cc1.[Na+]. The van der Waals surface area contributed by atoms with Crippen molar-refractivity contribution in [1.82, 2.24) is 5.32 Å². The summed E-state index contributed by atoms with van der Waals surface area (Å²) >= 11 is 0. The maximum Gasteiger partial charge on any atom is 1.00 e. The van der Waals surface area contributed by atoms with Crippen LogP contribution in [0, 0.1) is 0 Å². The quantitative estimate of drug-likeness (QED) is 0.584. The van der Waals surface area contributed by atoms with Gasteiger partial charge in [0.2, 0.25) is 0 Å². The number of ether oxygens (including phenoxy) is 1. The molecule has 3 amide bonds. The summed E-state index contributed by atoms with van der Waals surface area (Å²) in [5.41, 5.74) is -0.369. The van der Waals surface area contributed by atoms with Crippen molar-refractivity contribution in [2.45, 2.75) is 32.4 Å². The Hall–Kier alpha value is -1.04. The van der Waals surface area contributed by atoms with E-state index in [9.17, 15) is 9.59 Å². The van der Waals surface area contributed by atoms with Crippen LogP contribution in [0.3, 0.4) is 0 Å². The number of rotatable bonds is 3. The van der Waals surface area contributed by atoms with Crippen LogP contribution in [0.5, 0.6) is 5.75 Å². The molecule has 1 aliphatic heterocycles. The fraction of sp³-hybridized carbons (Fsp3) is 0.385. The van der Waals surface area contributed by atoms with E-state index in [0.29, 0.717) is 5.56 Å². The Kier molecular flexibility index (Phi) is 5.01. The summed E-state index contributed by atoms with van der Waals surface area (Å²) in [5, 5.41) is 5.93. The summed E-state index contributed by atoms with van der Waals surface area (Å²) < 4.78 is 5.52. The minimum absolute atomic E-state index is 0. The average Bonchev–Trinajstić information content (AvgIpc) is 2.53. The number of imide groups is 1. The van der Waals surface area contributed by atoms with Crippen molar-refractivity contribution in [2.75, 3.05) is 0 Å². The molecule has 96 valence electrons. The zero-order valence-electron chi connectivity index (χ0n) is 11.6. The minimum atomic E-state index is -1.06. The third-order valence-electron chi connectivity index (χ3n) is 2.79. The van der Waals surface area contributed by atoms with Gasteiger partial charge in [0.15, 0.2) is 11.9 Å². The van der Waals surface area contributed by atoms with E-state index >= 15 is 0 Å². The Morgan fingerprint density at radius 1 is 1.21 bits per heavy atom. The van der Waals surface area contributed by atoms with Crippen molar-refractivity contribution in [2.24, 2.45) is 0 Å². The Morgan fingerprint density at radius 2 is 1.79 bits per heavy atom. The van der Waals surface area contributed by atoms with Gasteiger partial charge in [-0.1, -0.05) is 12.1 Å². The van der Waals surface area contributed by atoms with Crippen molar-refractivity contribution >= 4 is 11.9 Å². The van der Waals surface area contributed by atoms with Gasteiger partial charge in [0.25, 0.3) is 0 Å². The Bertz CT molecular complexity index is 487. The van der Waals surface area contributed by atoms with E-state index in [1.54, 1.807) is 31.2 Å². The molecule has 5 nitrogen and oxygen atoms in total. The van der Waals surface area contributed by atoms with Gasteiger partial charge in [0.1, 0.15) is 5.75 Å². The van der Waals surface area contributed by atoms with E-state index in [0.717, 1.165) is 5.75 Å². The van der Waals surface area contributed by atoms with Crippen molar-refractivity contribution in [1.29, 1.82) is 0 Å². The van der Waals surface area contributed by atoms with Gasteiger partial charge < -0.3 is 15.4 Å². The summed E-state index contributed by atoms with van der Waals surface area (Å²) in [6.07, 6.45) is 0.0919. The normalized spacial score (nSPS) is 21.7. The molecular weight excluding hydrogens is 255 g/mol. The second kappa shape index (κ2) is 5.94. The second-order valence-electron chi connectivity index (χ2n) is 4.66. The van der Waals surface area contributed by atoms with Crippen LogP contribution in [0.1, 0.15) is 26.3 Å². The average molecular weight is 270 g/mol. The topological polar surface area (TPSA) is 69.5 Å². The first kappa shape index (κ1) is 16.0. The van der Waals surface area contributed by atoms with Crippen molar-refractivity contribution in [3.63, 3.8) is 0 Å². The number of carbonyl (C=O) groups excluding carboxylic acids is 2. The first-order chi connectivity index (χ1) is 8.41. The molecule has 0 aromatic heterocycles. The molecule has 0 aliphatic carbocycles. The molecule has 1 atom stereocenters. The van der Waals surface area contributed by atoms with E-state index < -0.39 is 17.5 Å². The first-order valence-electron chi connectivity index (χ1n) is 5.77. The maximum absolute atomic E-state index is 11.7. The van der Waals surface area contributed by atoms with Crippen LogP contribution in [0.2, 0.25) is 0 Å². The van der Waals surface area contributed by atoms with Crippen LogP contribution in [0.15, 0.2) is 24.3 Å². The zero-order valence-corrected chi connectivity index (χ0v) is 13.6. The molecule has 1 aliphatic rings. The second-order valence-corrected chi connectivity index (χ2v) is 4.66. The molecule has 1 N–H and O–H groups in total. The van der Waals surface area contributed by atoms with Crippen LogP contribution in [-0.4, -0.2) is 18.0 Å². The summed E-state index contributed by atoms with van der Waals surface area (Å²) in [5.74, 6) is 0.260. The molecule has 0 saturated carbocycles. The van der Waals surface area contributed by atoms with Gasteiger partial charge in [-0.15, -0.1) is 0 Å². The largest absolute Gasteiger partial charge is 1.00 e. The Morgan fingerprint density at radius 3 is 2.21 bits per heavy atom. The number of amides is 3. The van der Waals surface area contributed by atoms with Crippen molar-refractivity contribution in [3.05, 3.63) is 35.1 Å². The fourth-order valence-electron chi connectivity index (χ4n) is 1.83. The molecule has 1 saturated heterocycles. The number of carbonyl (C=O) groups is 2. The number of nitrogens with one attached hydrogen (secondary N) is 1. The monoisotopic (exact) mass is 270 g/mol. The predicted molar refractivity (Wildman–Crippen MR) is 66.5 cm³/mol. The van der Waals surface area contributed by atoms with Gasteiger partial charge in [-0.3, -0.25) is 9.59 Å². The summed E-state index contributed by atoms with van der Waals surface area (Å²) in [4.78, 5) is 22.8. The molecule has 1 unspecified atom stereocenters. The van der Waals surface area contributed by atoms with Crippen LogP contribution >= 0.6 is 0 Å². The van der Waals surface area contributed by atoms with Gasteiger partial charge in [0.05, 0.1) is 11.6 Å². The summed E-state index contributed by atoms with van der Waals surface area (Å²) in [6, 6.07) is 6.48. The molecule has 1 fully saturated rings.